The Hall–Kier alpha value is -3.44. The Labute approximate surface area is 189 Å². The summed E-state index contributed by atoms with van der Waals surface area (Å²) in [6, 6.07) is 23.3. The summed E-state index contributed by atoms with van der Waals surface area (Å²) >= 11 is 0. The lowest BCUT2D eigenvalue weighted by Crippen LogP contribution is -2.32. The highest BCUT2D eigenvalue weighted by atomic mass is 16.2. The molecule has 2 amide bonds. The van der Waals surface area contributed by atoms with Crippen molar-refractivity contribution in [3.8, 4) is 0 Å². The van der Waals surface area contributed by atoms with Crippen LogP contribution in [-0.4, -0.2) is 18.4 Å². The van der Waals surface area contributed by atoms with Crippen molar-refractivity contribution >= 4 is 23.2 Å². The highest BCUT2D eigenvalue weighted by Crippen LogP contribution is 2.23. The van der Waals surface area contributed by atoms with E-state index in [9.17, 15) is 9.59 Å². The third kappa shape index (κ3) is 5.24. The summed E-state index contributed by atoms with van der Waals surface area (Å²) in [7, 11) is 0. The Balaban J connectivity index is 1.47. The molecule has 1 heterocycles. The Bertz CT molecular complexity index is 1070. The van der Waals surface area contributed by atoms with Crippen LogP contribution in [0.5, 0.6) is 0 Å². The van der Waals surface area contributed by atoms with Gasteiger partial charge >= 0.3 is 0 Å². The van der Waals surface area contributed by atoms with Crippen LogP contribution in [0.1, 0.15) is 41.1 Å². The van der Waals surface area contributed by atoms with Gasteiger partial charge in [-0.2, -0.15) is 0 Å². The normalized spacial score (nSPS) is 14.4. The van der Waals surface area contributed by atoms with E-state index in [1.165, 1.54) is 0 Å². The molecule has 3 aromatic carbocycles. The molecule has 5 nitrogen and oxygen atoms in total. The zero-order valence-electron chi connectivity index (χ0n) is 18.6. The molecule has 1 unspecified atom stereocenters. The Morgan fingerprint density at radius 1 is 0.969 bits per heavy atom. The molecule has 164 valence electrons. The fraction of sp³-hybridized carbons (Fsp3) is 0.259. The highest BCUT2D eigenvalue weighted by molar-refractivity contribution is 5.96. The van der Waals surface area contributed by atoms with Crippen LogP contribution in [0.4, 0.5) is 11.4 Å². The number of carbonyl (C=O) groups is 2. The van der Waals surface area contributed by atoms with Gasteiger partial charge in [-0.25, -0.2) is 0 Å². The van der Waals surface area contributed by atoms with E-state index in [0.29, 0.717) is 13.0 Å². The molecule has 5 heteroatoms. The summed E-state index contributed by atoms with van der Waals surface area (Å²) < 4.78 is 0. The molecule has 1 saturated heterocycles. The largest absolute Gasteiger partial charge is 0.324 e. The quantitative estimate of drug-likeness (QED) is 0.564. The van der Waals surface area contributed by atoms with E-state index in [1.54, 1.807) is 0 Å². The van der Waals surface area contributed by atoms with Gasteiger partial charge in [0, 0.05) is 30.9 Å². The van der Waals surface area contributed by atoms with Crippen LogP contribution in [0.2, 0.25) is 0 Å². The zero-order valence-corrected chi connectivity index (χ0v) is 18.6. The van der Waals surface area contributed by atoms with Crippen LogP contribution >= 0.6 is 0 Å². The lowest BCUT2D eigenvalue weighted by atomic mass is 10.0. The number of hydrogen-bond acceptors (Lipinski definition) is 3. The standard InChI is InChI=1S/C27H29N3O2/c1-19-15-20(2)17-23(16-19)29-27(32)26(22-7-4-3-5-8-22)28-18-21-10-12-24(13-11-21)30-14-6-9-25(30)31/h3-5,7-8,10-13,15-17,26,28H,6,9,14,18H2,1-2H3,(H,29,32). The van der Waals surface area contributed by atoms with Crippen molar-refractivity contribution < 1.29 is 9.59 Å². The molecule has 0 radical (unpaired) electrons. The van der Waals surface area contributed by atoms with Crippen molar-refractivity contribution in [1.29, 1.82) is 0 Å². The second-order valence-corrected chi connectivity index (χ2v) is 8.41. The molecule has 4 rings (SSSR count). The first-order valence-electron chi connectivity index (χ1n) is 11.1. The summed E-state index contributed by atoms with van der Waals surface area (Å²) in [6.45, 7) is 5.36. The fourth-order valence-electron chi connectivity index (χ4n) is 4.20. The second-order valence-electron chi connectivity index (χ2n) is 8.41. The van der Waals surface area contributed by atoms with Crippen molar-refractivity contribution in [2.45, 2.75) is 39.3 Å². The minimum atomic E-state index is -0.489. The van der Waals surface area contributed by atoms with Crippen molar-refractivity contribution in [3.05, 3.63) is 95.1 Å². The molecule has 0 aromatic heterocycles. The first-order valence-corrected chi connectivity index (χ1v) is 11.1. The molecule has 1 fully saturated rings. The van der Waals surface area contributed by atoms with Crippen molar-refractivity contribution in [3.63, 3.8) is 0 Å². The molecule has 32 heavy (non-hydrogen) atoms. The van der Waals surface area contributed by atoms with E-state index in [4.69, 9.17) is 0 Å². The summed E-state index contributed by atoms with van der Waals surface area (Å²) in [4.78, 5) is 27.0. The molecule has 1 atom stereocenters. The maximum absolute atomic E-state index is 13.2. The van der Waals surface area contributed by atoms with E-state index < -0.39 is 6.04 Å². The van der Waals surface area contributed by atoms with Gasteiger partial charge in [0.15, 0.2) is 0 Å². The molecular formula is C27H29N3O2. The smallest absolute Gasteiger partial charge is 0.246 e. The molecule has 0 aliphatic carbocycles. The van der Waals surface area contributed by atoms with Crippen LogP contribution in [0.15, 0.2) is 72.8 Å². The molecular weight excluding hydrogens is 398 g/mol. The van der Waals surface area contributed by atoms with E-state index in [-0.39, 0.29) is 11.8 Å². The van der Waals surface area contributed by atoms with E-state index in [0.717, 1.165) is 46.6 Å². The minimum absolute atomic E-state index is 0.0968. The predicted octanol–water partition coefficient (Wildman–Crippen LogP) is 4.90. The number of amides is 2. The lowest BCUT2D eigenvalue weighted by Gasteiger charge is -2.20. The Morgan fingerprint density at radius 3 is 2.28 bits per heavy atom. The van der Waals surface area contributed by atoms with Gasteiger partial charge in [-0.1, -0.05) is 48.5 Å². The number of nitrogens with one attached hydrogen (secondary N) is 2. The number of carbonyl (C=O) groups excluding carboxylic acids is 2. The van der Waals surface area contributed by atoms with Crippen LogP contribution in [0, 0.1) is 13.8 Å². The minimum Gasteiger partial charge on any atom is -0.324 e. The SMILES string of the molecule is Cc1cc(C)cc(NC(=O)C(NCc2ccc(N3CCCC3=O)cc2)c2ccccc2)c1. The first kappa shape index (κ1) is 21.8. The Kier molecular flexibility index (Phi) is 6.66. The van der Waals surface area contributed by atoms with Gasteiger partial charge in [-0.3, -0.25) is 14.9 Å². The van der Waals surface area contributed by atoms with Gasteiger partial charge in [-0.05, 0) is 66.8 Å². The number of hydrogen-bond donors (Lipinski definition) is 2. The first-order chi connectivity index (χ1) is 15.5. The van der Waals surface area contributed by atoms with Crippen molar-refractivity contribution in [2.24, 2.45) is 0 Å². The topological polar surface area (TPSA) is 61.4 Å². The monoisotopic (exact) mass is 427 g/mol. The third-order valence-electron chi connectivity index (χ3n) is 5.72. The summed E-state index contributed by atoms with van der Waals surface area (Å²) in [6.07, 6.45) is 1.54. The van der Waals surface area contributed by atoms with Gasteiger partial charge in [0.25, 0.3) is 0 Å². The maximum atomic E-state index is 13.2. The summed E-state index contributed by atoms with van der Waals surface area (Å²) in [5.41, 5.74) is 5.93. The van der Waals surface area contributed by atoms with Gasteiger partial charge in [0.05, 0.1) is 0 Å². The molecule has 2 N–H and O–H groups in total. The van der Waals surface area contributed by atoms with Crippen molar-refractivity contribution in [1.82, 2.24) is 5.32 Å². The van der Waals surface area contributed by atoms with Crippen LogP contribution in [0.25, 0.3) is 0 Å². The highest BCUT2D eigenvalue weighted by Gasteiger charge is 2.22. The number of nitrogens with zero attached hydrogens (tertiary/aromatic N) is 1. The molecule has 1 aliphatic rings. The molecule has 3 aromatic rings. The summed E-state index contributed by atoms with van der Waals surface area (Å²) in [5, 5.41) is 6.47. The number of rotatable bonds is 7. The van der Waals surface area contributed by atoms with Gasteiger partial charge in [0.2, 0.25) is 11.8 Å². The van der Waals surface area contributed by atoms with E-state index in [1.807, 2.05) is 85.5 Å². The van der Waals surface area contributed by atoms with E-state index >= 15 is 0 Å². The molecule has 0 saturated carbocycles. The molecule has 1 aliphatic heterocycles. The molecule has 0 spiro atoms. The Morgan fingerprint density at radius 2 is 1.66 bits per heavy atom. The zero-order chi connectivity index (χ0) is 22.5. The molecule has 0 bridgehead atoms. The van der Waals surface area contributed by atoms with Gasteiger partial charge in [-0.15, -0.1) is 0 Å². The van der Waals surface area contributed by atoms with Crippen LogP contribution in [-0.2, 0) is 16.1 Å². The average Bonchev–Trinajstić information content (AvgIpc) is 3.20. The van der Waals surface area contributed by atoms with Crippen LogP contribution < -0.4 is 15.5 Å². The van der Waals surface area contributed by atoms with E-state index in [2.05, 4.69) is 16.7 Å². The second kappa shape index (κ2) is 9.79. The lowest BCUT2D eigenvalue weighted by molar-refractivity contribution is -0.118. The summed E-state index contributed by atoms with van der Waals surface area (Å²) in [5.74, 6) is 0.0866. The predicted molar refractivity (Wildman–Crippen MR) is 129 cm³/mol. The maximum Gasteiger partial charge on any atom is 0.246 e. The average molecular weight is 428 g/mol. The van der Waals surface area contributed by atoms with Crippen LogP contribution in [0.3, 0.4) is 0 Å². The third-order valence-corrected chi connectivity index (χ3v) is 5.72. The fourth-order valence-corrected chi connectivity index (χ4v) is 4.20. The van der Waals surface area contributed by atoms with Crippen molar-refractivity contribution in [2.75, 3.05) is 16.8 Å². The number of benzene rings is 3. The van der Waals surface area contributed by atoms with Gasteiger partial charge < -0.3 is 10.2 Å². The van der Waals surface area contributed by atoms with Gasteiger partial charge in [0.1, 0.15) is 6.04 Å². The number of aryl methyl sites for hydroxylation is 2. The number of anilines is 2.